The lowest BCUT2D eigenvalue weighted by Crippen LogP contribution is -2.35. The molecule has 0 bridgehead atoms. The summed E-state index contributed by atoms with van der Waals surface area (Å²) in [6, 6.07) is 11.3. The van der Waals surface area contributed by atoms with Gasteiger partial charge >= 0.3 is 0 Å². The normalized spacial score (nSPS) is 10.3. The summed E-state index contributed by atoms with van der Waals surface area (Å²) >= 11 is 5.74. The van der Waals surface area contributed by atoms with Crippen LogP contribution in [0.15, 0.2) is 36.4 Å². The lowest BCUT2D eigenvalue weighted by atomic mass is 10.1. The number of nitrogens with zero attached hydrogens (tertiary/aromatic N) is 2. The number of hydrogen-bond acceptors (Lipinski definition) is 2. The lowest BCUT2D eigenvalue weighted by molar-refractivity contribution is -0.674. The molecule has 2 aromatic rings. The quantitative estimate of drug-likeness (QED) is 0.547. The second-order valence-electron chi connectivity index (χ2n) is 3.21. The third-order valence-electron chi connectivity index (χ3n) is 2.21. The molecule has 4 heteroatoms. The topological polar surface area (TPSA) is 39.8 Å². The SMILES string of the molecule is Cc1c(-c2ccccc2)cc(Cl)n[n+]1[O-]. The summed E-state index contributed by atoms with van der Waals surface area (Å²) in [5.74, 6) is 0. The van der Waals surface area contributed by atoms with E-state index in [1.165, 1.54) is 0 Å². The Morgan fingerprint density at radius 3 is 2.60 bits per heavy atom. The summed E-state index contributed by atoms with van der Waals surface area (Å²) in [5.41, 5.74) is 2.32. The van der Waals surface area contributed by atoms with Crippen LogP contribution >= 0.6 is 11.6 Å². The first-order valence-corrected chi connectivity index (χ1v) is 4.88. The number of aromatic nitrogens is 2. The first-order chi connectivity index (χ1) is 7.18. The van der Waals surface area contributed by atoms with E-state index >= 15 is 0 Å². The zero-order valence-electron chi connectivity index (χ0n) is 8.14. The van der Waals surface area contributed by atoms with Crippen molar-refractivity contribution in [3.05, 3.63) is 52.5 Å². The molecule has 0 aliphatic heterocycles. The molecule has 0 amide bonds. The fourth-order valence-corrected chi connectivity index (χ4v) is 1.60. The zero-order valence-corrected chi connectivity index (χ0v) is 8.90. The van der Waals surface area contributed by atoms with E-state index in [-0.39, 0.29) is 5.15 Å². The molecular formula is C11H9ClN2O. The summed E-state index contributed by atoms with van der Waals surface area (Å²) in [4.78, 5) is 0.546. The van der Waals surface area contributed by atoms with E-state index in [4.69, 9.17) is 11.6 Å². The molecule has 15 heavy (non-hydrogen) atoms. The van der Waals surface area contributed by atoms with Crippen LogP contribution in [0.1, 0.15) is 5.69 Å². The van der Waals surface area contributed by atoms with Gasteiger partial charge in [0, 0.05) is 12.0 Å². The van der Waals surface area contributed by atoms with Crippen molar-refractivity contribution >= 4 is 11.6 Å². The van der Waals surface area contributed by atoms with Crippen LogP contribution in [0.25, 0.3) is 11.1 Å². The van der Waals surface area contributed by atoms with E-state index in [1.807, 2.05) is 30.3 Å². The molecule has 0 saturated heterocycles. The number of hydrogen-bond donors (Lipinski definition) is 0. The van der Waals surface area contributed by atoms with Crippen molar-refractivity contribution < 1.29 is 4.85 Å². The summed E-state index contributed by atoms with van der Waals surface area (Å²) in [7, 11) is 0. The van der Waals surface area contributed by atoms with E-state index in [0.717, 1.165) is 11.1 Å². The van der Waals surface area contributed by atoms with E-state index in [0.29, 0.717) is 10.5 Å². The number of benzene rings is 1. The highest BCUT2D eigenvalue weighted by atomic mass is 35.5. The van der Waals surface area contributed by atoms with E-state index in [9.17, 15) is 5.21 Å². The van der Waals surface area contributed by atoms with Gasteiger partial charge in [-0.2, -0.15) is 0 Å². The third kappa shape index (κ3) is 1.92. The molecule has 0 spiro atoms. The van der Waals surface area contributed by atoms with Crippen molar-refractivity contribution in [1.29, 1.82) is 0 Å². The predicted molar refractivity (Wildman–Crippen MR) is 58.4 cm³/mol. The largest absolute Gasteiger partial charge is 0.594 e. The summed E-state index contributed by atoms with van der Waals surface area (Å²) in [6.07, 6.45) is 0. The summed E-state index contributed by atoms with van der Waals surface area (Å²) in [6.45, 7) is 1.72. The molecule has 2 rings (SSSR count). The minimum atomic E-state index is 0.203. The Bertz CT molecular complexity index is 485. The van der Waals surface area contributed by atoms with Crippen molar-refractivity contribution in [2.24, 2.45) is 0 Å². The van der Waals surface area contributed by atoms with Crippen molar-refractivity contribution in [1.82, 2.24) is 5.10 Å². The van der Waals surface area contributed by atoms with Crippen LogP contribution in [-0.2, 0) is 0 Å². The number of halogens is 1. The smallest absolute Gasteiger partial charge is 0.226 e. The molecule has 0 aliphatic rings. The number of rotatable bonds is 1. The lowest BCUT2D eigenvalue weighted by Gasteiger charge is -2.05. The molecule has 0 atom stereocenters. The van der Waals surface area contributed by atoms with Gasteiger partial charge in [-0.25, -0.2) is 0 Å². The first kappa shape index (κ1) is 9.93. The van der Waals surface area contributed by atoms with Gasteiger partial charge in [0.2, 0.25) is 5.69 Å². The van der Waals surface area contributed by atoms with Gasteiger partial charge < -0.3 is 5.21 Å². The highest BCUT2D eigenvalue weighted by Crippen LogP contribution is 2.22. The molecule has 1 aromatic heterocycles. The molecule has 0 radical (unpaired) electrons. The Balaban J connectivity index is 2.63. The van der Waals surface area contributed by atoms with Gasteiger partial charge in [0.1, 0.15) is 0 Å². The standard InChI is InChI=1S/C11H9ClN2O/c1-8-10(7-11(12)13-14(8)15)9-5-3-2-4-6-9/h2-7H,1H3. The zero-order chi connectivity index (χ0) is 10.8. The van der Waals surface area contributed by atoms with Crippen molar-refractivity contribution in [2.45, 2.75) is 6.92 Å². The maximum absolute atomic E-state index is 11.4. The highest BCUT2D eigenvalue weighted by molar-refractivity contribution is 6.29. The van der Waals surface area contributed by atoms with Crippen molar-refractivity contribution in [3.8, 4) is 11.1 Å². The Labute approximate surface area is 92.5 Å². The second-order valence-corrected chi connectivity index (χ2v) is 3.59. The molecular weight excluding hydrogens is 212 g/mol. The van der Waals surface area contributed by atoms with Crippen molar-refractivity contribution in [2.75, 3.05) is 0 Å². The van der Waals surface area contributed by atoms with Crippen LogP contribution in [0, 0.1) is 12.1 Å². The van der Waals surface area contributed by atoms with Crippen LogP contribution in [-0.4, -0.2) is 5.10 Å². The van der Waals surface area contributed by atoms with E-state index in [2.05, 4.69) is 5.10 Å². The second kappa shape index (κ2) is 3.87. The van der Waals surface area contributed by atoms with Gasteiger partial charge in [-0.15, -0.1) is 0 Å². The minimum absolute atomic E-state index is 0.203. The molecule has 3 nitrogen and oxygen atoms in total. The highest BCUT2D eigenvalue weighted by Gasteiger charge is 2.12. The molecule has 0 unspecified atom stereocenters. The summed E-state index contributed by atoms with van der Waals surface area (Å²) in [5, 5.41) is 15.1. The first-order valence-electron chi connectivity index (χ1n) is 4.51. The average molecular weight is 221 g/mol. The molecule has 1 aromatic carbocycles. The van der Waals surface area contributed by atoms with Gasteiger partial charge in [-0.1, -0.05) is 46.8 Å². The van der Waals surface area contributed by atoms with Gasteiger partial charge in [-0.3, -0.25) is 0 Å². The Morgan fingerprint density at radius 1 is 1.27 bits per heavy atom. The third-order valence-corrected chi connectivity index (χ3v) is 2.40. The van der Waals surface area contributed by atoms with E-state index in [1.54, 1.807) is 13.0 Å². The average Bonchev–Trinajstić information content (AvgIpc) is 2.24. The van der Waals surface area contributed by atoms with E-state index < -0.39 is 0 Å². The molecule has 0 aliphatic carbocycles. The molecule has 76 valence electrons. The van der Waals surface area contributed by atoms with Crippen LogP contribution in [0.3, 0.4) is 0 Å². The maximum Gasteiger partial charge on any atom is 0.226 e. The molecule has 0 fully saturated rings. The van der Waals surface area contributed by atoms with Crippen LogP contribution in [0.5, 0.6) is 0 Å². The predicted octanol–water partition coefficient (Wildman–Crippen LogP) is 2.34. The molecule has 0 saturated carbocycles. The minimum Gasteiger partial charge on any atom is -0.594 e. The van der Waals surface area contributed by atoms with Crippen LogP contribution < -0.4 is 4.85 Å². The van der Waals surface area contributed by atoms with Gasteiger partial charge in [-0.05, 0) is 11.6 Å². The fraction of sp³-hybridized carbons (Fsp3) is 0.0909. The summed E-state index contributed by atoms with van der Waals surface area (Å²) < 4.78 is 0. The Kier molecular flexibility index (Phi) is 2.56. The van der Waals surface area contributed by atoms with Gasteiger partial charge in [0.15, 0.2) is 5.15 Å². The maximum atomic E-state index is 11.4. The fourth-order valence-electron chi connectivity index (χ4n) is 1.43. The van der Waals surface area contributed by atoms with Gasteiger partial charge in [0.05, 0.1) is 5.56 Å². The van der Waals surface area contributed by atoms with Gasteiger partial charge in [0.25, 0.3) is 0 Å². The van der Waals surface area contributed by atoms with Crippen molar-refractivity contribution in [3.63, 3.8) is 0 Å². The Morgan fingerprint density at radius 2 is 1.93 bits per heavy atom. The van der Waals surface area contributed by atoms with Crippen LogP contribution in [0.2, 0.25) is 5.15 Å². The Hall–Kier alpha value is -1.61. The van der Waals surface area contributed by atoms with Crippen LogP contribution in [0.4, 0.5) is 0 Å². The monoisotopic (exact) mass is 220 g/mol. The molecule has 0 N–H and O–H groups in total. The molecule has 1 heterocycles.